The molecule has 146 valence electrons. The molecule has 0 saturated carbocycles. The number of non-ortho nitro benzene ring substituents is 1. The Bertz CT molecular complexity index is 1170. The van der Waals surface area contributed by atoms with Crippen LogP contribution in [-0.4, -0.2) is 29.9 Å². The Morgan fingerprint density at radius 3 is 2.55 bits per heavy atom. The van der Waals surface area contributed by atoms with Crippen molar-refractivity contribution in [2.75, 3.05) is 0 Å². The van der Waals surface area contributed by atoms with Crippen molar-refractivity contribution in [3.8, 4) is 22.8 Å². The normalized spacial score (nSPS) is 11.0. The van der Waals surface area contributed by atoms with Crippen LogP contribution < -0.4 is 0 Å². The van der Waals surface area contributed by atoms with E-state index in [0.717, 1.165) is 22.1 Å². The Balaban J connectivity index is 1.47. The monoisotopic (exact) mass is 408 g/mol. The largest absolute Gasteiger partial charge is 0.420 e. The smallest absolute Gasteiger partial charge is 0.269 e. The number of nitro benzene ring substituents is 1. The number of hydrogen-bond acceptors (Lipinski definition) is 8. The van der Waals surface area contributed by atoms with Crippen LogP contribution in [0.15, 0.2) is 58.1 Å². The molecule has 0 aliphatic rings. The third-order valence-corrected chi connectivity index (χ3v) is 5.34. The first kappa shape index (κ1) is 18.8. The van der Waals surface area contributed by atoms with E-state index in [2.05, 4.69) is 20.4 Å². The summed E-state index contributed by atoms with van der Waals surface area (Å²) >= 11 is 1.44. The van der Waals surface area contributed by atoms with Crippen LogP contribution in [0.25, 0.3) is 22.8 Å². The molecule has 0 bridgehead atoms. The fourth-order valence-electron chi connectivity index (χ4n) is 2.78. The van der Waals surface area contributed by atoms with Gasteiger partial charge >= 0.3 is 0 Å². The fraction of sp³-hybridized carbons (Fsp3) is 0.158. The van der Waals surface area contributed by atoms with Crippen molar-refractivity contribution in [1.82, 2.24) is 25.0 Å². The Morgan fingerprint density at radius 2 is 1.83 bits per heavy atom. The van der Waals surface area contributed by atoms with E-state index in [1.807, 2.05) is 42.8 Å². The molecule has 0 aliphatic carbocycles. The molecule has 0 radical (unpaired) electrons. The van der Waals surface area contributed by atoms with E-state index in [0.29, 0.717) is 23.1 Å². The second kappa shape index (κ2) is 7.84. The summed E-state index contributed by atoms with van der Waals surface area (Å²) in [5.74, 6) is 1.97. The van der Waals surface area contributed by atoms with Gasteiger partial charge in [0.05, 0.1) is 10.7 Å². The van der Waals surface area contributed by atoms with E-state index in [9.17, 15) is 10.1 Å². The van der Waals surface area contributed by atoms with Crippen LogP contribution in [0.3, 0.4) is 0 Å². The lowest BCUT2D eigenvalue weighted by Gasteiger charge is -2.05. The zero-order chi connectivity index (χ0) is 20.4. The fourth-order valence-corrected chi connectivity index (χ4v) is 3.53. The van der Waals surface area contributed by atoms with Gasteiger partial charge in [-0.05, 0) is 24.6 Å². The minimum absolute atomic E-state index is 0.00998. The van der Waals surface area contributed by atoms with Crippen LogP contribution in [0, 0.1) is 17.0 Å². The summed E-state index contributed by atoms with van der Waals surface area (Å²) < 4.78 is 7.60. The number of rotatable bonds is 6. The van der Waals surface area contributed by atoms with Gasteiger partial charge in [0.1, 0.15) is 0 Å². The van der Waals surface area contributed by atoms with E-state index in [4.69, 9.17) is 4.42 Å². The maximum atomic E-state index is 10.7. The van der Waals surface area contributed by atoms with Crippen LogP contribution in [0.1, 0.15) is 11.5 Å². The van der Waals surface area contributed by atoms with E-state index in [1.54, 1.807) is 12.1 Å². The Morgan fingerprint density at radius 1 is 1.07 bits per heavy atom. The molecule has 9 nitrogen and oxygen atoms in total. The molecule has 0 aliphatic heterocycles. The first-order valence-corrected chi connectivity index (χ1v) is 9.67. The number of aryl methyl sites for hydroxylation is 1. The van der Waals surface area contributed by atoms with Crippen molar-refractivity contribution in [3.63, 3.8) is 0 Å². The molecular formula is C19H16N6O3S. The van der Waals surface area contributed by atoms with Gasteiger partial charge in [0.25, 0.3) is 5.69 Å². The standard InChI is InChI=1S/C19H16N6O3S/c1-12-5-3-4-6-15(12)17-21-23-19(24(17)2)29-11-16-20-22-18(28-16)13-7-9-14(10-8-13)25(26)27/h3-10H,11H2,1-2H3. The van der Waals surface area contributed by atoms with E-state index < -0.39 is 4.92 Å². The average Bonchev–Trinajstić information content (AvgIpc) is 3.34. The second-order valence-electron chi connectivity index (χ2n) is 6.27. The zero-order valence-electron chi connectivity index (χ0n) is 15.6. The molecule has 0 atom stereocenters. The summed E-state index contributed by atoms with van der Waals surface area (Å²) in [5.41, 5.74) is 2.80. The van der Waals surface area contributed by atoms with Crippen LogP contribution in [0.2, 0.25) is 0 Å². The van der Waals surface area contributed by atoms with Crippen LogP contribution in [0.4, 0.5) is 5.69 Å². The third kappa shape index (κ3) is 3.87. The van der Waals surface area contributed by atoms with Crippen molar-refractivity contribution < 1.29 is 9.34 Å². The lowest BCUT2D eigenvalue weighted by atomic mass is 10.1. The highest BCUT2D eigenvalue weighted by Crippen LogP contribution is 2.28. The molecule has 0 unspecified atom stereocenters. The topological polar surface area (TPSA) is 113 Å². The van der Waals surface area contributed by atoms with Crippen LogP contribution >= 0.6 is 11.8 Å². The summed E-state index contributed by atoms with van der Waals surface area (Å²) in [5, 5.41) is 28.1. The van der Waals surface area contributed by atoms with Gasteiger partial charge in [-0.3, -0.25) is 10.1 Å². The molecule has 0 N–H and O–H groups in total. The first-order chi connectivity index (χ1) is 14.0. The SMILES string of the molecule is Cc1ccccc1-c1nnc(SCc2nnc(-c3ccc([N+](=O)[O-])cc3)o2)n1C. The number of nitro groups is 1. The van der Waals surface area contributed by atoms with Gasteiger partial charge in [-0.15, -0.1) is 20.4 Å². The van der Waals surface area contributed by atoms with Gasteiger partial charge in [0.2, 0.25) is 11.8 Å². The Kier molecular flexibility index (Phi) is 5.09. The van der Waals surface area contributed by atoms with E-state index >= 15 is 0 Å². The predicted molar refractivity (Wildman–Crippen MR) is 107 cm³/mol. The molecule has 0 fully saturated rings. The molecule has 4 aromatic rings. The van der Waals surface area contributed by atoms with Crippen molar-refractivity contribution in [2.45, 2.75) is 17.8 Å². The number of benzene rings is 2. The maximum Gasteiger partial charge on any atom is 0.269 e. The third-order valence-electron chi connectivity index (χ3n) is 4.34. The number of hydrogen-bond donors (Lipinski definition) is 0. The maximum absolute atomic E-state index is 10.7. The molecule has 29 heavy (non-hydrogen) atoms. The highest BCUT2D eigenvalue weighted by atomic mass is 32.2. The predicted octanol–water partition coefficient (Wildman–Crippen LogP) is 4.04. The van der Waals surface area contributed by atoms with Crippen molar-refractivity contribution in [1.29, 1.82) is 0 Å². The van der Waals surface area contributed by atoms with Crippen molar-refractivity contribution in [3.05, 3.63) is 70.1 Å². The Labute approximate surface area is 170 Å². The second-order valence-corrected chi connectivity index (χ2v) is 7.22. The quantitative estimate of drug-likeness (QED) is 0.267. The van der Waals surface area contributed by atoms with Crippen LogP contribution in [-0.2, 0) is 12.8 Å². The molecule has 10 heteroatoms. The number of nitrogens with zero attached hydrogens (tertiary/aromatic N) is 6. The molecule has 2 aromatic carbocycles. The van der Waals surface area contributed by atoms with Crippen molar-refractivity contribution in [2.24, 2.45) is 7.05 Å². The molecule has 0 saturated heterocycles. The minimum Gasteiger partial charge on any atom is -0.420 e. The van der Waals surface area contributed by atoms with Gasteiger partial charge in [0, 0.05) is 30.3 Å². The van der Waals surface area contributed by atoms with Gasteiger partial charge in [-0.2, -0.15) is 0 Å². The highest BCUT2D eigenvalue weighted by molar-refractivity contribution is 7.98. The summed E-state index contributed by atoms with van der Waals surface area (Å²) in [6.45, 7) is 2.04. The summed E-state index contributed by atoms with van der Waals surface area (Å²) in [6.07, 6.45) is 0. The van der Waals surface area contributed by atoms with Gasteiger partial charge in [0.15, 0.2) is 11.0 Å². The lowest BCUT2D eigenvalue weighted by molar-refractivity contribution is -0.384. The molecule has 0 spiro atoms. The molecular weight excluding hydrogens is 392 g/mol. The zero-order valence-corrected chi connectivity index (χ0v) is 16.5. The molecule has 2 aromatic heterocycles. The number of aromatic nitrogens is 5. The highest BCUT2D eigenvalue weighted by Gasteiger charge is 2.15. The summed E-state index contributed by atoms with van der Waals surface area (Å²) in [6, 6.07) is 14.0. The van der Waals surface area contributed by atoms with Gasteiger partial charge < -0.3 is 8.98 Å². The van der Waals surface area contributed by atoms with Crippen LogP contribution in [0.5, 0.6) is 0 Å². The lowest BCUT2D eigenvalue weighted by Crippen LogP contribution is -1.96. The Hall–Kier alpha value is -3.53. The van der Waals surface area contributed by atoms with Gasteiger partial charge in [-0.1, -0.05) is 36.0 Å². The van der Waals surface area contributed by atoms with E-state index in [-0.39, 0.29) is 5.69 Å². The van der Waals surface area contributed by atoms with Crippen molar-refractivity contribution >= 4 is 17.4 Å². The average molecular weight is 408 g/mol. The summed E-state index contributed by atoms with van der Waals surface area (Å²) in [4.78, 5) is 10.3. The summed E-state index contributed by atoms with van der Waals surface area (Å²) in [7, 11) is 1.92. The van der Waals surface area contributed by atoms with E-state index in [1.165, 1.54) is 23.9 Å². The first-order valence-electron chi connectivity index (χ1n) is 8.68. The molecule has 2 heterocycles. The number of thioether (sulfide) groups is 1. The van der Waals surface area contributed by atoms with Gasteiger partial charge in [-0.25, -0.2) is 0 Å². The minimum atomic E-state index is -0.453. The molecule has 0 amide bonds. The molecule has 4 rings (SSSR count).